The zero-order valence-corrected chi connectivity index (χ0v) is 19.2. The Balaban J connectivity index is 1.20. The topological polar surface area (TPSA) is 55.7 Å². The first-order valence-corrected chi connectivity index (χ1v) is 12.0. The molecule has 0 unspecified atom stereocenters. The number of nitrogens with zero attached hydrogens (tertiary/aromatic N) is 5. The SMILES string of the molecule is CN1CCC(c2ccc(-c3cc4c(cn3)-n3cc(CN5CCOCC5)nc3CO4)cc2)CC1. The fourth-order valence-corrected chi connectivity index (χ4v) is 5.14. The number of imidazole rings is 1. The minimum Gasteiger partial charge on any atom is -0.483 e. The Labute approximate surface area is 195 Å². The maximum atomic E-state index is 6.08. The van der Waals surface area contributed by atoms with E-state index in [1.54, 1.807) is 0 Å². The van der Waals surface area contributed by atoms with Gasteiger partial charge in [0, 0.05) is 37.5 Å². The van der Waals surface area contributed by atoms with Crippen molar-refractivity contribution in [3.63, 3.8) is 0 Å². The summed E-state index contributed by atoms with van der Waals surface area (Å²) in [6, 6.07) is 11.0. The molecule has 1 aromatic carbocycles. The third kappa shape index (κ3) is 4.28. The zero-order chi connectivity index (χ0) is 22.2. The highest BCUT2D eigenvalue weighted by Gasteiger charge is 2.22. The lowest BCUT2D eigenvalue weighted by molar-refractivity contribution is 0.0337. The van der Waals surface area contributed by atoms with Gasteiger partial charge in [0.2, 0.25) is 0 Å². The highest BCUT2D eigenvalue weighted by atomic mass is 16.5. The van der Waals surface area contributed by atoms with Crippen LogP contribution in [0.1, 0.15) is 35.8 Å². The van der Waals surface area contributed by atoms with Gasteiger partial charge in [-0.2, -0.15) is 0 Å². The van der Waals surface area contributed by atoms with Gasteiger partial charge in [0.15, 0.2) is 5.82 Å². The molecule has 0 saturated carbocycles. The molecular formula is C26H31N5O2. The second-order valence-electron chi connectivity index (χ2n) is 9.43. The van der Waals surface area contributed by atoms with Crippen LogP contribution in [-0.2, 0) is 17.9 Å². The number of hydrogen-bond donors (Lipinski definition) is 0. The van der Waals surface area contributed by atoms with Crippen molar-refractivity contribution < 1.29 is 9.47 Å². The van der Waals surface area contributed by atoms with Gasteiger partial charge in [-0.3, -0.25) is 14.5 Å². The van der Waals surface area contributed by atoms with Gasteiger partial charge >= 0.3 is 0 Å². The predicted molar refractivity (Wildman–Crippen MR) is 127 cm³/mol. The lowest BCUT2D eigenvalue weighted by Crippen LogP contribution is -2.35. The predicted octanol–water partition coefficient (Wildman–Crippen LogP) is 3.47. The molecule has 172 valence electrons. The maximum absolute atomic E-state index is 6.08. The van der Waals surface area contributed by atoms with Gasteiger partial charge in [0.1, 0.15) is 18.0 Å². The molecular weight excluding hydrogens is 414 g/mol. The Hall–Kier alpha value is -2.74. The number of piperidine rings is 1. The van der Waals surface area contributed by atoms with Crippen molar-refractivity contribution in [3.05, 3.63) is 59.8 Å². The van der Waals surface area contributed by atoms with Crippen molar-refractivity contribution in [2.75, 3.05) is 46.4 Å². The largest absolute Gasteiger partial charge is 0.483 e. The molecule has 0 amide bonds. The second kappa shape index (κ2) is 8.89. The Bertz CT molecular complexity index is 1110. The molecule has 2 saturated heterocycles. The second-order valence-corrected chi connectivity index (χ2v) is 9.43. The van der Waals surface area contributed by atoms with Crippen molar-refractivity contribution in [2.24, 2.45) is 0 Å². The molecule has 3 aliphatic rings. The summed E-state index contributed by atoms with van der Waals surface area (Å²) >= 11 is 0. The summed E-state index contributed by atoms with van der Waals surface area (Å²) in [5.74, 6) is 2.46. The molecule has 0 atom stereocenters. The average Bonchev–Trinajstić information content (AvgIpc) is 3.28. The summed E-state index contributed by atoms with van der Waals surface area (Å²) < 4.78 is 13.7. The number of ether oxygens (including phenoxy) is 2. The minimum atomic E-state index is 0.481. The van der Waals surface area contributed by atoms with Crippen molar-refractivity contribution in [1.82, 2.24) is 24.3 Å². The van der Waals surface area contributed by atoms with Gasteiger partial charge in [0.05, 0.1) is 30.8 Å². The number of rotatable bonds is 4. The monoisotopic (exact) mass is 445 g/mol. The average molecular weight is 446 g/mol. The molecule has 0 aliphatic carbocycles. The van der Waals surface area contributed by atoms with Gasteiger partial charge in [-0.1, -0.05) is 24.3 Å². The van der Waals surface area contributed by atoms with Gasteiger partial charge < -0.3 is 14.4 Å². The van der Waals surface area contributed by atoms with Crippen LogP contribution >= 0.6 is 0 Å². The van der Waals surface area contributed by atoms with Crippen LogP contribution < -0.4 is 4.74 Å². The highest BCUT2D eigenvalue weighted by Crippen LogP contribution is 2.34. The minimum absolute atomic E-state index is 0.481. The summed E-state index contributed by atoms with van der Waals surface area (Å²) in [4.78, 5) is 14.4. The van der Waals surface area contributed by atoms with Gasteiger partial charge in [0.25, 0.3) is 0 Å². The van der Waals surface area contributed by atoms with Crippen molar-refractivity contribution in [3.8, 4) is 22.7 Å². The summed E-state index contributed by atoms with van der Waals surface area (Å²) in [6.07, 6.45) is 6.52. The first kappa shape index (κ1) is 20.8. The third-order valence-electron chi connectivity index (χ3n) is 7.18. The lowest BCUT2D eigenvalue weighted by atomic mass is 9.89. The van der Waals surface area contributed by atoms with Crippen LogP contribution in [0.5, 0.6) is 5.75 Å². The van der Waals surface area contributed by atoms with E-state index in [4.69, 9.17) is 19.4 Å². The summed E-state index contributed by atoms with van der Waals surface area (Å²) in [5.41, 5.74) is 5.54. The summed E-state index contributed by atoms with van der Waals surface area (Å²) in [6.45, 7) is 7.19. The molecule has 2 fully saturated rings. The van der Waals surface area contributed by atoms with Gasteiger partial charge in [-0.25, -0.2) is 4.98 Å². The first-order chi connectivity index (χ1) is 16.2. The van der Waals surface area contributed by atoms with Crippen LogP contribution in [0.25, 0.3) is 16.9 Å². The van der Waals surface area contributed by atoms with Crippen LogP contribution in [0.15, 0.2) is 42.7 Å². The molecule has 0 bridgehead atoms. The Kier molecular flexibility index (Phi) is 5.62. The number of hydrogen-bond acceptors (Lipinski definition) is 6. The van der Waals surface area contributed by atoms with E-state index in [9.17, 15) is 0 Å². The van der Waals surface area contributed by atoms with Crippen molar-refractivity contribution >= 4 is 0 Å². The van der Waals surface area contributed by atoms with Crippen LogP contribution in [0.4, 0.5) is 0 Å². The molecule has 3 aromatic rings. The van der Waals surface area contributed by atoms with Gasteiger partial charge in [-0.15, -0.1) is 0 Å². The maximum Gasteiger partial charge on any atom is 0.151 e. The number of aromatic nitrogens is 3. The van der Waals surface area contributed by atoms with E-state index in [2.05, 4.69) is 57.9 Å². The Morgan fingerprint density at radius 1 is 1.03 bits per heavy atom. The van der Waals surface area contributed by atoms with Crippen LogP contribution in [0.2, 0.25) is 0 Å². The van der Waals surface area contributed by atoms with Gasteiger partial charge in [-0.05, 0) is 44.5 Å². The Morgan fingerprint density at radius 2 is 1.82 bits per heavy atom. The fraction of sp³-hybridized carbons (Fsp3) is 0.462. The Morgan fingerprint density at radius 3 is 2.61 bits per heavy atom. The van der Waals surface area contributed by atoms with E-state index < -0.39 is 0 Å². The molecule has 0 radical (unpaired) electrons. The molecule has 33 heavy (non-hydrogen) atoms. The van der Waals surface area contributed by atoms with Crippen LogP contribution in [0.3, 0.4) is 0 Å². The van der Waals surface area contributed by atoms with Crippen molar-refractivity contribution in [2.45, 2.75) is 31.9 Å². The zero-order valence-electron chi connectivity index (χ0n) is 19.2. The van der Waals surface area contributed by atoms with Crippen molar-refractivity contribution in [1.29, 1.82) is 0 Å². The van der Waals surface area contributed by atoms with Crippen LogP contribution in [0, 0.1) is 0 Å². The highest BCUT2D eigenvalue weighted by molar-refractivity contribution is 5.64. The van der Waals surface area contributed by atoms with E-state index in [-0.39, 0.29) is 0 Å². The number of pyridine rings is 1. The number of likely N-dealkylation sites (tertiary alicyclic amines) is 1. The van der Waals surface area contributed by atoms with E-state index in [1.165, 1.54) is 31.5 Å². The fourth-order valence-electron chi connectivity index (χ4n) is 5.14. The molecule has 0 N–H and O–H groups in total. The molecule has 5 heterocycles. The summed E-state index contributed by atoms with van der Waals surface area (Å²) in [7, 11) is 2.21. The van der Waals surface area contributed by atoms with Crippen LogP contribution in [-0.4, -0.2) is 70.8 Å². The van der Waals surface area contributed by atoms with E-state index >= 15 is 0 Å². The molecule has 2 aromatic heterocycles. The first-order valence-electron chi connectivity index (χ1n) is 12.0. The normalized spacial score (nSPS) is 19.7. The van der Waals surface area contributed by atoms with E-state index in [0.29, 0.717) is 12.5 Å². The molecule has 3 aliphatic heterocycles. The number of morpholine rings is 1. The number of benzene rings is 1. The lowest BCUT2D eigenvalue weighted by Gasteiger charge is -2.29. The van der Waals surface area contributed by atoms with E-state index in [0.717, 1.165) is 67.1 Å². The number of fused-ring (bicyclic) bond motifs is 3. The molecule has 7 nitrogen and oxygen atoms in total. The quantitative estimate of drug-likeness (QED) is 0.613. The smallest absolute Gasteiger partial charge is 0.151 e. The third-order valence-corrected chi connectivity index (χ3v) is 7.18. The van der Waals surface area contributed by atoms with E-state index in [1.807, 2.05) is 6.20 Å². The molecule has 0 spiro atoms. The molecule has 6 rings (SSSR count). The molecule has 7 heteroatoms. The summed E-state index contributed by atoms with van der Waals surface area (Å²) in [5, 5.41) is 0. The standard InChI is InChI=1S/C26H31N5O2/c1-29-8-6-20(7-9-29)19-2-4-21(5-3-19)23-14-25-24(15-27-23)31-17-22(28-26(31)18-33-25)16-30-10-12-32-13-11-30/h2-5,14-15,17,20H,6-13,16,18H2,1H3.